The van der Waals surface area contributed by atoms with Crippen LogP contribution in [0.5, 0.6) is 0 Å². The monoisotopic (exact) mass is 569 g/mol. The summed E-state index contributed by atoms with van der Waals surface area (Å²) in [5, 5.41) is 0.534. The number of hydrogen-bond acceptors (Lipinski definition) is 6. The van der Waals surface area contributed by atoms with Crippen LogP contribution < -0.4 is 4.80 Å². The van der Waals surface area contributed by atoms with Crippen molar-refractivity contribution in [3.05, 3.63) is 56.8 Å². The summed E-state index contributed by atoms with van der Waals surface area (Å²) in [4.78, 5) is 29.6. The average molecular weight is 571 g/mol. The van der Waals surface area contributed by atoms with Crippen molar-refractivity contribution in [1.29, 1.82) is 0 Å². The van der Waals surface area contributed by atoms with Gasteiger partial charge in [0.2, 0.25) is 10.0 Å². The molecule has 0 spiro atoms. The highest BCUT2D eigenvalue weighted by atomic mass is 35.5. The number of ether oxygens (including phenoxy) is 1. The van der Waals surface area contributed by atoms with E-state index in [1.165, 1.54) is 51.6 Å². The second kappa shape index (κ2) is 10.6. The molecule has 0 saturated carbocycles. The van der Waals surface area contributed by atoms with E-state index in [1.54, 1.807) is 12.1 Å². The molecule has 1 aliphatic rings. The van der Waals surface area contributed by atoms with Gasteiger partial charge in [-0.25, -0.2) is 8.42 Å². The summed E-state index contributed by atoms with van der Waals surface area (Å²) in [6.45, 7) is 4.82. The van der Waals surface area contributed by atoms with Crippen LogP contribution in [0, 0.1) is 11.8 Å². The molecule has 2 atom stereocenters. The third-order valence-corrected chi connectivity index (χ3v) is 9.70. The second-order valence-electron chi connectivity index (χ2n) is 8.96. The van der Waals surface area contributed by atoms with Crippen LogP contribution >= 0.6 is 34.5 Å². The average Bonchev–Trinajstić information content (AvgIpc) is 3.18. The first-order valence-electron chi connectivity index (χ1n) is 11.2. The predicted molar refractivity (Wildman–Crippen MR) is 140 cm³/mol. The lowest BCUT2D eigenvalue weighted by atomic mass is 9.94. The van der Waals surface area contributed by atoms with E-state index >= 15 is 0 Å². The summed E-state index contributed by atoms with van der Waals surface area (Å²) >= 11 is 13.7. The Hall–Kier alpha value is -2.24. The Bertz CT molecular complexity index is 1490. The Morgan fingerprint density at radius 1 is 1.08 bits per heavy atom. The van der Waals surface area contributed by atoms with Gasteiger partial charge in [-0.05, 0) is 54.7 Å². The van der Waals surface area contributed by atoms with Gasteiger partial charge < -0.3 is 9.30 Å². The third-order valence-electron chi connectivity index (χ3n) is 6.02. The van der Waals surface area contributed by atoms with Crippen molar-refractivity contribution in [3.63, 3.8) is 0 Å². The molecule has 0 radical (unpaired) electrons. The van der Waals surface area contributed by atoms with Gasteiger partial charge in [0.1, 0.15) is 6.54 Å². The molecule has 1 amide bonds. The lowest BCUT2D eigenvalue weighted by Crippen LogP contribution is -2.42. The second-order valence-corrected chi connectivity index (χ2v) is 12.7. The van der Waals surface area contributed by atoms with Gasteiger partial charge in [-0.1, -0.05) is 48.4 Å². The summed E-state index contributed by atoms with van der Waals surface area (Å²) < 4.78 is 34.7. The van der Waals surface area contributed by atoms with Crippen molar-refractivity contribution in [1.82, 2.24) is 8.87 Å². The van der Waals surface area contributed by atoms with Crippen molar-refractivity contribution in [3.8, 4) is 0 Å². The van der Waals surface area contributed by atoms with Crippen molar-refractivity contribution in [2.75, 3.05) is 20.2 Å². The first kappa shape index (κ1) is 26.8. The molecule has 1 fully saturated rings. The number of thiazole rings is 1. The maximum atomic E-state index is 13.1. The zero-order valence-electron chi connectivity index (χ0n) is 19.9. The molecule has 0 bridgehead atoms. The normalized spacial score (nSPS) is 19.5. The standard InChI is InChI=1S/C24H25Cl2N3O5S2/c1-14-10-15(2)12-28(11-14)36(32,33)17-6-4-16(5-7-17)23(31)27-24-29(13-20(30)34-3)22-19(35-24)9-8-18(25)21(22)26/h4-9,14-15H,10-13H2,1-3H3. The molecule has 0 aliphatic carbocycles. The van der Waals surface area contributed by atoms with Crippen LogP contribution in [0.4, 0.5) is 0 Å². The number of halogens is 2. The summed E-state index contributed by atoms with van der Waals surface area (Å²) in [5.74, 6) is -0.573. The summed E-state index contributed by atoms with van der Waals surface area (Å²) in [7, 11) is -2.41. The smallest absolute Gasteiger partial charge is 0.325 e. The quantitative estimate of drug-likeness (QED) is 0.418. The number of benzene rings is 2. The molecule has 192 valence electrons. The third kappa shape index (κ3) is 5.38. The highest BCUT2D eigenvalue weighted by Gasteiger charge is 2.31. The molecule has 1 aromatic heterocycles. The van der Waals surface area contributed by atoms with Crippen molar-refractivity contribution < 1.29 is 22.7 Å². The minimum absolute atomic E-state index is 0.129. The number of sulfonamides is 1. The number of hydrogen-bond donors (Lipinski definition) is 0. The molecule has 8 nitrogen and oxygen atoms in total. The molecule has 1 saturated heterocycles. The van der Waals surface area contributed by atoms with Gasteiger partial charge in [-0.3, -0.25) is 9.59 Å². The van der Waals surface area contributed by atoms with Crippen molar-refractivity contribution in [2.24, 2.45) is 16.8 Å². The van der Waals surface area contributed by atoms with E-state index in [0.29, 0.717) is 28.3 Å². The zero-order valence-corrected chi connectivity index (χ0v) is 23.0. The Labute approximate surface area is 223 Å². The molecule has 3 aromatic rings. The first-order chi connectivity index (χ1) is 17.0. The number of aromatic nitrogens is 1. The van der Waals surface area contributed by atoms with E-state index in [2.05, 4.69) is 4.99 Å². The number of nitrogens with zero attached hydrogens (tertiary/aromatic N) is 3. The van der Waals surface area contributed by atoms with E-state index < -0.39 is 21.9 Å². The van der Waals surface area contributed by atoms with Gasteiger partial charge in [-0.15, -0.1) is 0 Å². The fourth-order valence-electron chi connectivity index (χ4n) is 4.40. The molecule has 36 heavy (non-hydrogen) atoms. The minimum Gasteiger partial charge on any atom is -0.468 e. The number of piperidine rings is 1. The van der Waals surface area contributed by atoms with Crippen LogP contribution in [0.2, 0.25) is 10.0 Å². The van der Waals surface area contributed by atoms with Crippen LogP contribution in [0.3, 0.4) is 0 Å². The number of methoxy groups -OCH3 is 1. The highest BCUT2D eigenvalue weighted by molar-refractivity contribution is 7.89. The minimum atomic E-state index is -3.67. The first-order valence-corrected chi connectivity index (χ1v) is 14.3. The van der Waals surface area contributed by atoms with Gasteiger partial charge in [0, 0.05) is 18.7 Å². The van der Waals surface area contributed by atoms with Gasteiger partial charge in [-0.2, -0.15) is 9.30 Å². The summed E-state index contributed by atoms with van der Waals surface area (Å²) in [6, 6.07) is 9.08. The van der Waals surface area contributed by atoms with Gasteiger partial charge in [0.15, 0.2) is 4.80 Å². The number of rotatable bonds is 5. The highest BCUT2D eigenvalue weighted by Crippen LogP contribution is 2.32. The number of carbonyl (C=O) groups excluding carboxylic acids is 2. The van der Waals surface area contributed by atoms with Crippen LogP contribution in [-0.2, 0) is 26.1 Å². The lowest BCUT2D eigenvalue weighted by Gasteiger charge is -2.34. The molecule has 2 heterocycles. The SMILES string of the molecule is COC(=O)Cn1c(=NC(=O)c2ccc(S(=O)(=O)N3CC(C)CC(C)C3)cc2)sc2ccc(Cl)c(Cl)c21. The summed E-state index contributed by atoms with van der Waals surface area (Å²) in [5.41, 5.74) is 0.679. The maximum Gasteiger partial charge on any atom is 0.325 e. The van der Waals surface area contributed by atoms with Crippen LogP contribution in [-0.4, -0.2) is 49.4 Å². The fourth-order valence-corrected chi connectivity index (χ4v) is 7.59. The fraction of sp³-hybridized carbons (Fsp3) is 0.375. The molecule has 2 unspecified atom stereocenters. The van der Waals surface area contributed by atoms with Crippen molar-refractivity contribution >= 4 is 66.7 Å². The largest absolute Gasteiger partial charge is 0.468 e. The number of amides is 1. The van der Waals surface area contributed by atoms with Crippen LogP contribution in [0.15, 0.2) is 46.3 Å². The van der Waals surface area contributed by atoms with E-state index in [0.717, 1.165) is 6.42 Å². The molecular formula is C24H25Cl2N3O5S2. The summed E-state index contributed by atoms with van der Waals surface area (Å²) in [6.07, 6.45) is 0.992. The Morgan fingerprint density at radius 3 is 2.33 bits per heavy atom. The van der Waals surface area contributed by atoms with E-state index in [9.17, 15) is 18.0 Å². The van der Waals surface area contributed by atoms with E-state index in [-0.39, 0.29) is 38.7 Å². The Kier molecular flexibility index (Phi) is 7.92. The molecule has 1 aliphatic heterocycles. The lowest BCUT2D eigenvalue weighted by molar-refractivity contribution is -0.141. The number of esters is 1. The number of fused-ring (bicyclic) bond motifs is 1. The predicted octanol–water partition coefficient (Wildman–Crippen LogP) is 4.59. The molecule has 4 rings (SSSR count). The molecule has 2 aromatic carbocycles. The van der Waals surface area contributed by atoms with Gasteiger partial charge in [0.05, 0.1) is 32.3 Å². The molecule has 12 heteroatoms. The maximum absolute atomic E-state index is 13.1. The van der Waals surface area contributed by atoms with Gasteiger partial charge in [0.25, 0.3) is 5.91 Å². The molecular weight excluding hydrogens is 545 g/mol. The Balaban J connectivity index is 1.68. The van der Waals surface area contributed by atoms with E-state index in [4.69, 9.17) is 27.9 Å². The van der Waals surface area contributed by atoms with Gasteiger partial charge >= 0.3 is 5.97 Å². The molecule has 0 N–H and O–H groups in total. The van der Waals surface area contributed by atoms with Crippen LogP contribution in [0.25, 0.3) is 10.2 Å². The topological polar surface area (TPSA) is 98.0 Å². The zero-order chi connectivity index (χ0) is 26.2. The van der Waals surface area contributed by atoms with Crippen molar-refractivity contribution in [2.45, 2.75) is 31.7 Å². The Morgan fingerprint density at radius 2 is 1.72 bits per heavy atom. The van der Waals surface area contributed by atoms with Crippen LogP contribution in [0.1, 0.15) is 30.6 Å². The van der Waals surface area contributed by atoms with E-state index in [1.807, 2.05) is 13.8 Å². The number of carbonyl (C=O) groups is 2.